The Balaban J connectivity index is 1.29. The quantitative estimate of drug-likeness (QED) is 0.236. The fourth-order valence-corrected chi connectivity index (χ4v) is 5.83. The number of nitriles is 1. The monoisotopic (exact) mass is 572 g/mol. The Bertz CT molecular complexity index is 1430. The van der Waals surface area contributed by atoms with Crippen molar-refractivity contribution < 1.29 is 23.0 Å². The number of hydrazine groups is 1. The Kier molecular flexibility index (Phi) is 9.46. The predicted octanol–water partition coefficient (Wildman–Crippen LogP) is 3.17. The molecule has 3 atom stereocenters. The fourth-order valence-electron chi connectivity index (χ4n) is 4.34. The number of rotatable bonds is 11. The Hall–Kier alpha value is -2.75. The number of alkyl halides is 1. The lowest BCUT2D eigenvalue weighted by Crippen LogP contribution is -2.55. The molecule has 1 fully saturated rings. The highest BCUT2D eigenvalue weighted by molar-refractivity contribution is 7.89. The molecular weight excluding hydrogens is 540 g/mol. The topological polar surface area (TPSA) is 124 Å². The van der Waals surface area contributed by atoms with Crippen molar-refractivity contribution in [3.63, 3.8) is 0 Å². The van der Waals surface area contributed by atoms with Crippen molar-refractivity contribution in [2.45, 2.75) is 48.4 Å². The summed E-state index contributed by atoms with van der Waals surface area (Å²) in [5.74, 6) is 0.298. The lowest BCUT2D eigenvalue weighted by Gasteiger charge is -2.34. The van der Waals surface area contributed by atoms with Gasteiger partial charge in [-0.25, -0.2) is 13.4 Å². The average Bonchev–Trinajstić information content (AvgIpc) is 2.92. The van der Waals surface area contributed by atoms with E-state index in [0.29, 0.717) is 12.3 Å². The second-order valence-corrected chi connectivity index (χ2v) is 12.3. The van der Waals surface area contributed by atoms with Crippen molar-refractivity contribution in [1.82, 2.24) is 15.2 Å². The van der Waals surface area contributed by atoms with Crippen LogP contribution in [0.25, 0.3) is 10.8 Å². The van der Waals surface area contributed by atoms with Gasteiger partial charge in [0.05, 0.1) is 17.6 Å². The van der Waals surface area contributed by atoms with Gasteiger partial charge in [-0.05, 0) is 48.7 Å². The molecular formula is C28H33ClN4O5S. The molecule has 208 valence electrons. The first-order valence-electron chi connectivity index (χ1n) is 12.6. The lowest BCUT2D eigenvalue weighted by molar-refractivity contribution is -0.0247. The summed E-state index contributed by atoms with van der Waals surface area (Å²) in [6, 6.07) is 22.5. The number of aliphatic hydroxyl groups is 1. The Morgan fingerprint density at radius 1 is 1.18 bits per heavy atom. The molecule has 9 nitrogen and oxygen atoms in total. The number of hydrogen-bond donors (Lipinski definition) is 3. The smallest absolute Gasteiger partial charge is 0.253 e. The predicted molar refractivity (Wildman–Crippen MR) is 150 cm³/mol. The number of sulfonamides is 1. The van der Waals surface area contributed by atoms with Crippen molar-refractivity contribution in [2.24, 2.45) is 0 Å². The van der Waals surface area contributed by atoms with Crippen molar-refractivity contribution in [3.05, 3.63) is 72.3 Å². The summed E-state index contributed by atoms with van der Waals surface area (Å²) in [4.78, 5) is 2.38. The summed E-state index contributed by atoms with van der Waals surface area (Å²) in [6.45, 7) is 4.79. The van der Waals surface area contributed by atoms with Gasteiger partial charge in [-0.3, -0.25) is 0 Å². The number of morpholine rings is 1. The molecule has 0 saturated carbocycles. The first-order chi connectivity index (χ1) is 18.6. The Morgan fingerprint density at radius 2 is 1.95 bits per heavy atom. The maximum Gasteiger partial charge on any atom is 0.253 e. The number of β-amino-alcohol motifs (C(OH)–C–C–N with tert-alkyl or cyclic N) is 1. The first-order valence-corrected chi connectivity index (χ1v) is 14.6. The van der Waals surface area contributed by atoms with Crippen LogP contribution in [0.15, 0.2) is 71.6 Å². The number of fused-ring (bicyclic) bond motifs is 1. The second-order valence-electron chi connectivity index (χ2n) is 10.1. The van der Waals surface area contributed by atoms with Crippen LogP contribution >= 0.6 is 11.6 Å². The van der Waals surface area contributed by atoms with Crippen molar-refractivity contribution in [3.8, 4) is 11.8 Å². The molecule has 3 N–H and O–H groups in total. The van der Waals surface area contributed by atoms with Gasteiger partial charge in [-0.15, -0.1) is 16.4 Å². The third kappa shape index (κ3) is 7.90. The molecule has 39 heavy (non-hydrogen) atoms. The molecule has 0 aliphatic carbocycles. The molecule has 1 heterocycles. The van der Waals surface area contributed by atoms with E-state index in [1.165, 1.54) is 33.5 Å². The molecule has 11 heteroatoms. The van der Waals surface area contributed by atoms with E-state index in [1.54, 1.807) is 12.1 Å². The first kappa shape index (κ1) is 29.2. The van der Waals surface area contributed by atoms with Gasteiger partial charge in [-0.2, -0.15) is 5.26 Å². The van der Waals surface area contributed by atoms with Gasteiger partial charge in [-0.1, -0.05) is 48.5 Å². The minimum atomic E-state index is -3.99. The van der Waals surface area contributed by atoms with E-state index >= 15 is 0 Å². The SMILES string of the molecule is CC(C)(Cc1ccc2ccccc2c1)NC[C@@H](O)COc1cccc(S(=O)(=O)NN2CCOC(C#N)C2Cl)c1. The van der Waals surface area contributed by atoms with Crippen LogP contribution < -0.4 is 14.9 Å². The standard InChI is InChI=1S/C28H33ClN4O5S/c1-28(2,16-20-10-11-21-6-3-4-7-22(21)14-20)31-18-23(34)19-38-24-8-5-9-25(15-24)39(35,36)32-33-12-13-37-26(17-30)27(33)29/h3-11,14-15,23,26-27,31-32,34H,12-13,16,18-19H2,1-2H3/t23-,26?,27?/m1/s1. The Labute approximate surface area is 234 Å². The zero-order valence-corrected chi connectivity index (χ0v) is 23.5. The minimum Gasteiger partial charge on any atom is -0.491 e. The molecule has 0 bridgehead atoms. The van der Waals surface area contributed by atoms with E-state index in [1.807, 2.05) is 18.2 Å². The fraction of sp³-hybridized carbons (Fsp3) is 0.393. The van der Waals surface area contributed by atoms with Gasteiger partial charge in [0.25, 0.3) is 10.0 Å². The van der Waals surface area contributed by atoms with Gasteiger partial charge in [0.2, 0.25) is 0 Å². The number of ether oxygens (including phenoxy) is 2. The third-order valence-electron chi connectivity index (χ3n) is 6.38. The zero-order valence-electron chi connectivity index (χ0n) is 21.9. The summed E-state index contributed by atoms with van der Waals surface area (Å²) in [5.41, 5.74) is -0.0386. The number of nitrogens with one attached hydrogen (secondary N) is 2. The molecule has 1 saturated heterocycles. The summed E-state index contributed by atoms with van der Waals surface area (Å²) in [7, 11) is -3.99. The molecule has 3 aromatic rings. The lowest BCUT2D eigenvalue weighted by atomic mass is 9.93. The second kappa shape index (κ2) is 12.6. The highest BCUT2D eigenvalue weighted by Crippen LogP contribution is 2.22. The molecule has 3 aromatic carbocycles. The molecule has 0 aromatic heterocycles. The van der Waals surface area contributed by atoms with Crippen LogP contribution in [-0.4, -0.2) is 68.1 Å². The largest absolute Gasteiger partial charge is 0.491 e. The van der Waals surface area contributed by atoms with Crippen LogP contribution in [0.1, 0.15) is 19.4 Å². The number of hydrogen-bond acceptors (Lipinski definition) is 8. The summed E-state index contributed by atoms with van der Waals surface area (Å²) in [6.07, 6.45) is -0.988. The highest BCUT2D eigenvalue weighted by Gasteiger charge is 2.33. The highest BCUT2D eigenvalue weighted by atomic mass is 35.5. The van der Waals surface area contributed by atoms with E-state index in [2.05, 4.69) is 54.3 Å². The minimum absolute atomic E-state index is 0.0208. The molecule has 4 rings (SSSR count). The van der Waals surface area contributed by atoms with Gasteiger partial charge < -0.3 is 19.9 Å². The molecule has 1 aliphatic heterocycles. The van der Waals surface area contributed by atoms with Crippen LogP contribution in [0.3, 0.4) is 0 Å². The van der Waals surface area contributed by atoms with Gasteiger partial charge in [0, 0.05) is 24.7 Å². The normalized spacial score (nSPS) is 19.5. The maximum absolute atomic E-state index is 12.9. The molecule has 0 radical (unpaired) electrons. The van der Waals surface area contributed by atoms with E-state index in [9.17, 15) is 13.5 Å². The van der Waals surface area contributed by atoms with Gasteiger partial charge >= 0.3 is 0 Å². The van der Waals surface area contributed by atoms with Crippen molar-refractivity contribution in [2.75, 3.05) is 26.3 Å². The van der Waals surface area contributed by atoms with E-state index in [-0.39, 0.29) is 30.2 Å². The zero-order chi connectivity index (χ0) is 28.0. The van der Waals surface area contributed by atoms with Crippen molar-refractivity contribution >= 4 is 32.4 Å². The third-order valence-corrected chi connectivity index (χ3v) is 8.19. The number of nitrogens with zero attached hydrogens (tertiary/aromatic N) is 2. The molecule has 0 spiro atoms. The summed E-state index contributed by atoms with van der Waals surface area (Å²) in [5, 5.41) is 26.7. The van der Waals surface area contributed by atoms with Crippen LogP contribution in [0, 0.1) is 11.3 Å². The van der Waals surface area contributed by atoms with E-state index < -0.39 is 27.7 Å². The number of benzene rings is 3. The van der Waals surface area contributed by atoms with Crippen molar-refractivity contribution in [1.29, 1.82) is 5.26 Å². The van der Waals surface area contributed by atoms with Crippen LogP contribution in [0.5, 0.6) is 5.75 Å². The molecule has 0 amide bonds. The van der Waals surface area contributed by atoms with Crippen LogP contribution in [-0.2, 0) is 21.2 Å². The maximum atomic E-state index is 12.9. The summed E-state index contributed by atoms with van der Waals surface area (Å²) < 4.78 is 36.8. The van der Waals surface area contributed by atoms with Crippen LogP contribution in [0.4, 0.5) is 0 Å². The molecule has 2 unspecified atom stereocenters. The van der Waals surface area contributed by atoms with E-state index in [4.69, 9.17) is 26.3 Å². The number of halogens is 1. The van der Waals surface area contributed by atoms with Crippen LogP contribution in [0.2, 0.25) is 0 Å². The summed E-state index contributed by atoms with van der Waals surface area (Å²) >= 11 is 6.18. The number of aliphatic hydroxyl groups excluding tert-OH is 1. The molecule has 1 aliphatic rings. The Morgan fingerprint density at radius 3 is 2.72 bits per heavy atom. The van der Waals surface area contributed by atoms with Gasteiger partial charge in [0.15, 0.2) is 6.10 Å². The van der Waals surface area contributed by atoms with Gasteiger partial charge in [0.1, 0.15) is 24.0 Å². The average molecular weight is 573 g/mol. The van der Waals surface area contributed by atoms with E-state index in [0.717, 1.165) is 6.42 Å².